The molecule has 1 aliphatic heterocycles. The Bertz CT molecular complexity index is 1300. The van der Waals surface area contributed by atoms with Crippen LogP contribution in [0.4, 0.5) is 5.69 Å². The highest BCUT2D eigenvalue weighted by molar-refractivity contribution is 7.80. The Morgan fingerprint density at radius 2 is 1.62 bits per heavy atom. The number of para-hydroxylation sites is 1. The van der Waals surface area contributed by atoms with Gasteiger partial charge in [0.15, 0.2) is 16.6 Å². The van der Waals surface area contributed by atoms with Gasteiger partial charge in [-0.25, -0.2) is 4.79 Å². The molecule has 7 nitrogen and oxygen atoms in total. The van der Waals surface area contributed by atoms with Crippen LogP contribution in [0.3, 0.4) is 0 Å². The molecule has 1 aliphatic rings. The van der Waals surface area contributed by atoms with Gasteiger partial charge in [0.1, 0.15) is 12.4 Å². The Hall–Kier alpha value is -3.78. The number of fused-ring (bicyclic) bond motifs is 1. The summed E-state index contributed by atoms with van der Waals surface area (Å²) in [5.74, 6) is 1.63. The number of esters is 1. The molecule has 0 saturated carbocycles. The third-order valence-electron chi connectivity index (χ3n) is 7.18. The zero-order chi connectivity index (χ0) is 27.9. The third kappa shape index (κ3) is 6.11. The van der Waals surface area contributed by atoms with Crippen LogP contribution in [0.15, 0.2) is 54.6 Å². The monoisotopic (exact) mass is 548 g/mol. The molecule has 39 heavy (non-hydrogen) atoms. The molecule has 0 radical (unpaired) electrons. The average molecular weight is 549 g/mol. The van der Waals surface area contributed by atoms with E-state index < -0.39 is 0 Å². The summed E-state index contributed by atoms with van der Waals surface area (Å²) < 4.78 is 22.3. The van der Waals surface area contributed by atoms with Gasteiger partial charge in [0.05, 0.1) is 32.9 Å². The zero-order valence-electron chi connectivity index (χ0n) is 23.2. The minimum atomic E-state index is -0.384. The first-order valence-corrected chi connectivity index (χ1v) is 13.6. The molecule has 0 amide bonds. The number of anilines is 1. The van der Waals surface area contributed by atoms with Gasteiger partial charge in [-0.2, -0.15) is 0 Å². The van der Waals surface area contributed by atoms with Crippen molar-refractivity contribution < 1.29 is 23.7 Å². The summed E-state index contributed by atoms with van der Waals surface area (Å²) in [4.78, 5) is 14.0. The first kappa shape index (κ1) is 28.2. The summed E-state index contributed by atoms with van der Waals surface area (Å²) in [7, 11) is 4.65. The van der Waals surface area contributed by atoms with Crippen molar-refractivity contribution in [3.05, 3.63) is 82.4 Å². The van der Waals surface area contributed by atoms with Crippen LogP contribution < -0.4 is 19.5 Å². The van der Waals surface area contributed by atoms with Crippen LogP contribution in [0.5, 0.6) is 17.2 Å². The Labute approximate surface area is 236 Å². The molecule has 206 valence electrons. The van der Waals surface area contributed by atoms with E-state index in [0.29, 0.717) is 34.5 Å². The maximum absolute atomic E-state index is 11.8. The summed E-state index contributed by atoms with van der Waals surface area (Å²) >= 11 is 6.03. The van der Waals surface area contributed by atoms with Gasteiger partial charge >= 0.3 is 5.97 Å². The number of carbonyl (C=O) groups excluding carboxylic acids is 1. The van der Waals surface area contributed by atoms with Crippen LogP contribution >= 0.6 is 12.2 Å². The summed E-state index contributed by atoms with van der Waals surface area (Å²) in [6.07, 6.45) is 2.62. The molecule has 1 heterocycles. The minimum Gasteiger partial charge on any atom is -0.493 e. The summed E-state index contributed by atoms with van der Waals surface area (Å²) in [5.41, 5.74) is 6.28. The Morgan fingerprint density at radius 3 is 2.21 bits per heavy atom. The van der Waals surface area contributed by atoms with Crippen molar-refractivity contribution in [3.63, 3.8) is 0 Å². The van der Waals surface area contributed by atoms with Gasteiger partial charge in [-0.1, -0.05) is 32.0 Å². The summed E-state index contributed by atoms with van der Waals surface area (Å²) in [5, 5.41) is 4.24. The van der Waals surface area contributed by atoms with E-state index in [-0.39, 0.29) is 12.0 Å². The molecule has 0 unspecified atom stereocenters. The van der Waals surface area contributed by atoms with Crippen molar-refractivity contribution in [1.82, 2.24) is 4.90 Å². The first-order chi connectivity index (χ1) is 18.9. The molecule has 3 aromatic carbocycles. The molecule has 1 atom stereocenters. The van der Waals surface area contributed by atoms with Crippen molar-refractivity contribution in [2.75, 3.05) is 39.8 Å². The fraction of sp³-hybridized carbons (Fsp3) is 0.355. The highest BCUT2D eigenvalue weighted by Crippen LogP contribution is 2.39. The number of nitrogens with zero attached hydrogens (tertiary/aromatic N) is 1. The molecular weight excluding hydrogens is 512 g/mol. The number of nitrogens with one attached hydrogen (secondary N) is 1. The number of hydrogen-bond donors (Lipinski definition) is 1. The van der Waals surface area contributed by atoms with E-state index >= 15 is 0 Å². The quantitative estimate of drug-likeness (QED) is 0.258. The van der Waals surface area contributed by atoms with Gasteiger partial charge in [0.25, 0.3) is 0 Å². The highest BCUT2D eigenvalue weighted by atomic mass is 32.1. The summed E-state index contributed by atoms with van der Waals surface area (Å²) in [6, 6.07) is 17.2. The predicted octanol–water partition coefficient (Wildman–Crippen LogP) is 5.99. The second kappa shape index (κ2) is 12.8. The molecule has 0 saturated heterocycles. The standard InChI is InChI=1S/C31H36N2O5S/c1-6-20-9-8-10-21(7-2)29(20)32-31(39)33-16-15-23-17-27(35-3)28(36-4)18-25(23)26(33)19-38-24-13-11-22(12-14-24)30(34)37-5/h8-14,17-18,26H,6-7,15-16,19H2,1-5H3,(H,32,39)/t26-/m1/s1. The van der Waals surface area contributed by atoms with E-state index in [9.17, 15) is 4.79 Å². The normalized spacial score (nSPS) is 14.3. The fourth-order valence-electron chi connectivity index (χ4n) is 5.01. The average Bonchev–Trinajstić information content (AvgIpc) is 2.98. The SMILES string of the molecule is CCc1cccc(CC)c1NC(=S)N1CCc2cc(OC)c(OC)cc2[C@H]1COc1ccc(C(=O)OC)cc1. The Balaban J connectivity index is 1.66. The Kier molecular flexibility index (Phi) is 9.30. The predicted molar refractivity (Wildman–Crippen MR) is 157 cm³/mol. The molecular formula is C31H36N2O5S. The van der Waals surface area contributed by atoms with Gasteiger partial charge in [-0.05, 0) is 90.1 Å². The molecule has 8 heteroatoms. The lowest BCUT2D eigenvalue weighted by Crippen LogP contribution is -2.44. The van der Waals surface area contributed by atoms with E-state index in [1.54, 1.807) is 38.5 Å². The van der Waals surface area contributed by atoms with Gasteiger partial charge < -0.3 is 29.2 Å². The second-order valence-electron chi connectivity index (χ2n) is 9.28. The molecule has 0 aliphatic carbocycles. The van der Waals surface area contributed by atoms with Crippen LogP contribution in [0.2, 0.25) is 0 Å². The highest BCUT2D eigenvalue weighted by Gasteiger charge is 2.32. The van der Waals surface area contributed by atoms with Gasteiger partial charge in [0.2, 0.25) is 0 Å². The molecule has 0 aromatic heterocycles. The largest absolute Gasteiger partial charge is 0.493 e. The second-order valence-corrected chi connectivity index (χ2v) is 9.67. The van der Waals surface area contributed by atoms with E-state index in [1.807, 2.05) is 12.1 Å². The van der Waals surface area contributed by atoms with Crippen molar-refractivity contribution in [1.29, 1.82) is 0 Å². The lowest BCUT2D eigenvalue weighted by Gasteiger charge is -2.39. The summed E-state index contributed by atoms with van der Waals surface area (Å²) in [6.45, 7) is 5.38. The van der Waals surface area contributed by atoms with Gasteiger partial charge in [0, 0.05) is 12.2 Å². The molecule has 0 fully saturated rings. The zero-order valence-corrected chi connectivity index (χ0v) is 24.0. The fourth-order valence-corrected chi connectivity index (χ4v) is 5.33. The number of carbonyl (C=O) groups is 1. The first-order valence-electron chi connectivity index (χ1n) is 13.2. The van der Waals surface area contributed by atoms with Crippen molar-refractivity contribution in [2.45, 2.75) is 39.2 Å². The van der Waals surface area contributed by atoms with Crippen LogP contribution in [0.1, 0.15) is 52.5 Å². The molecule has 4 rings (SSSR count). The lowest BCUT2D eigenvalue weighted by atomic mass is 9.92. The number of ether oxygens (including phenoxy) is 4. The van der Waals surface area contributed by atoms with Crippen LogP contribution in [-0.4, -0.2) is 50.5 Å². The molecule has 3 aromatic rings. The van der Waals surface area contributed by atoms with E-state index in [2.05, 4.69) is 42.3 Å². The van der Waals surface area contributed by atoms with E-state index in [1.165, 1.54) is 23.8 Å². The molecule has 0 spiro atoms. The van der Waals surface area contributed by atoms with Gasteiger partial charge in [-0.15, -0.1) is 0 Å². The maximum atomic E-state index is 11.8. The van der Waals surface area contributed by atoms with Crippen LogP contribution in [-0.2, 0) is 24.0 Å². The van der Waals surface area contributed by atoms with Crippen LogP contribution in [0, 0.1) is 0 Å². The Morgan fingerprint density at radius 1 is 0.974 bits per heavy atom. The lowest BCUT2D eigenvalue weighted by molar-refractivity contribution is 0.0600. The molecule has 0 bridgehead atoms. The maximum Gasteiger partial charge on any atom is 0.337 e. The van der Waals surface area contributed by atoms with E-state index in [4.69, 9.17) is 31.2 Å². The number of aryl methyl sites for hydroxylation is 2. The van der Waals surface area contributed by atoms with Crippen molar-refractivity contribution in [2.24, 2.45) is 0 Å². The smallest absolute Gasteiger partial charge is 0.337 e. The van der Waals surface area contributed by atoms with E-state index in [0.717, 1.165) is 37.1 Å². The van der Waals surface area contributed by atoms with Crippen LogP contribution in [0.25, 0.3) is 0 Å². The topological polar surface area (TPSA) is 69.3 Å². The number of thiocarbonyl (C=S) groups is 1. The minimum absolute atomic E-state index is 0.173. The third-order valence-corrected chi connectivity index (χ3v) is 7.51. The van der Waals surface area contributed by atoms with Crippen molar-refractivity contribution in [3.8, 4) is 17.2 Å². The number of rotatable bonds is 9. The number of methoxy groups -OCH3 is 3. The van der Waals surface area contributed by atoms with Crippen molar-refractivity contribution >= 4 is 29.0 Å². The number of hydrogen-bond acceptors (Lipinski definition) is 6. The molecule has 1 N–H and O–H groups in total. The van der Waals surface area contributed by atoms with Gasteiger partial charge in [-0.3, -0.25) is 0 Å². The number of benzene rings is 3.